The summed E-state index contributed by atoms with van der Waals surface area (Å²) in [5, 5.41) is 7.98. The zero-order chi connectivity index (χ0) is 24.1. The zero-order valence-corrected chi connectivity index (χ0v) is 21.6. The second kappa shape index (κ2) is 11.1. The van der Waals surface area contributed by atoms with E-state index < -0.39 is 11.0 Å². The summed E-state index contributed by atoms with van der Waals surface area (Å²) in [6.45, 7) is 10.7. The van der Waals surface area contributed by atoms with Gasteiger partial charge in [0.15, 0.2) is 21.5 Å². The van der Waals surface area contributed by atoms with Crippen LogP contribution in [0.15, 0.2) is 41.4 Å². The largest absolute Gasteiger partial charge is 0.477 e. The van der Waals surface area contributed by atoms with Gasteiger partial charge in [-0.2, -0.15) is 14.6 Å². The molecule has 3 rings (SSSR count). The maximum atomic E-state index is 12.8. The highest BCUT2D eigenvalue weighted by Crippen LogP contribution is 2.27. The first-order valence-electron chi connectivity index (χ1n) is 11.4. The van der Waals surface area contributed by atoms with Crippen molar-refractivity contribution >= 4 is 28.1 Å². The number of ether oxygens (including phenoxy) is 1. The predicted molar refractivity (Wildman–Crippen MR) is 136 cm³/mol. The van der Waals surface area contributed by atoms with Crippen LogP contribution in [0.2, 0.25) is 0 Å². The summed E-state index contributed by atoms with van der Waals surface area (Å²) in [5.41, 5.74) is 2.74. The van der Waals surface area contributed by atoms with Crippen LogP contribution in [0.1, 0.15) is 39.2 Å². The lowest BCUT2D eigenvalue weighted by Crippen LogP contribution is -2.29. The van der Waals surface area contributed by atoms with Crippen molar-refractivity contribution in [3.8, 4) is 5.88 Å². The zero-order valence-electron chi connectivity index (χ0n) is 20.7. The molecule has 0 aliphatic carbocycles. The molecule has 9 heteroatoms. The molecule has 1 N–H and O–H groups in total. The quantitative estimate of drug-likeness (QED) is 0.334. The fourth-order valence-electron chi connectivity index (χ4n) is 3.23. The number of benzene rings is 1. The normalized spacial score (nSPS) is 12.9. The van der Waals surface area contributed by atoms with Gasteiger partial charge in [0.25, 0.3) is 0 Å². The Hall–Kier alpha value is -2.49. The lowest BCUT2D eigenvalue weighted by atomic mass is 10.1. The average Bonchev–Trinajstić information content (AvgIpc) is 3.20. The number of thiol groups is 1. The standard InChI is InChI=1S/C24H36N6O2S/c1-17(2)16-32-23-14-22(30-24(27-23)21(15-25-30)18(3)4)26-19-8-10-20(11-9-19)33(31)29(7)13-12-28(5)6/h8-11,14-15,17-18,26H,12-13,16H2,1-7H3/p+1. The van der Waals surface area contributed by atoms with Crippen molar-refractivity contribution in [2.24, 2.45) is 5.92 Å². The van der Waals surface area contributed by atoms with Crippen LogP contribution in [-0.2, 0) is 15.2 Å². The maximum Gasteiger partial charge on any atom is 0.219 e. The van der Waals surface area contributed by atoms with Gasteiger partial charge in [0, 0.05) is 30.9 Å². The third-order valence-corrected chi connectivity index (χ3v) is 6.76. The fraction of sp³-hybridized carbons (Fsp3) is 0.500. The van der Waals surface area contributed by atoms with Crippen molar-refractivity contribution in [3.63, 3.8) is 0 Å². The van der Waals surface area contributed by atoms with Crippen LogP contribution in [0.5, 0.6) is 5.88 Å². The van der Waals surface area contributed by atoms with Gasteiger partial charge < -0.3 is 15.0 Å². The van der Waals surface area contributed by atoms with Gasteiger partial charge in [0.05, 0.1) is 19.3 Å². The van der Waals surface area contributed by atoms with E-state index in [0.717, 1.165) is 40.7 Å². The van der Waals surface area contributed by atoms with Crippen molar-refractivity contribution < 1.29 is 8.95 Å². The summed E-state index contributed by atoms with van der Waals surface area (Å²) in [7, 11) is 4.32. The van der Waals surface area contributed by atoms with E-state index in [-0.39, 0.29) is 0 Å². The summed E-state index contributed by atoms with van der Waals surface area (Å²) in [4.78, 5) is 7.60. The first kappa shape index (κ1) is 25.1. The molecule has 8 nitrogen and oxygen atoms in total. The Balaban J connectivity index is 1.84. The van der Waals surface area contributed by atoms with Gasteiger partial charge in [-0.05, 0) is 50.2 Å². The molecule has 1 unspecified atom stereocenters. The first-order chi connectivity index (χ1) is 15.7. The SMILES string of the molecule is CC(C)COc1cc(Nc2ccc([SH+](=O)N(C)CCN(C)C)cc2)n2ncc(C(C)C)c2n1. The third kappa shape index (κ3) is 6.52. The molecule has 3 aromatic rings. The van der Waals surface area contributed by atoms with Gasteiger partial charge >= 0.3 is 0 Å². The monoisotopic (exact) mass is 473 g/mol. The van der Waals surface area contributed by atoms with Crippen molar-refractivity contribution in [3.05, 3.63) is 42.1 Å². The van der Waals surface area contributed by atoms with Gasteiger partial charge in [-0.25, -0.2) is 0 Å². The van der Waals surface area contributed by atoms with Gasteiger partial charge in [-0.3, -0.25) is 0 Å². The van der Waals surface area contributed by atoms with E-state index in [0.29, 0.717) is 24.3 Å². The van der Waals surface area contributed by atoms with E-state index in [1.165, 1.54) is 0 Å². The molecule has 0 bridgehead atoms. The van der Waals surface area contributed by atoms with Gasteiger partial charge in [0.1, 0.15) is 5.82 Å². The molecule has 2 aromatic heterocycles. The second-order valence-electron chi connectivity index (χ2n) is 9.30. The summed E-state index contributed by atoms with van der Waals surface area (Å²) < 4.78 is 22.5. The first-order valence-corrected chi connectivity index (χ1v) is 12.6. The van der Waals surface area contributed by atoms with E-state index in [1.54, 1.807) is 4.52 Å². The minimum absolute atomic E-state index is 0.295. The van der Waals surface area contributed by atoms with Crippen molar-refractivity contribution in [1.82, 2.24) is 23.8 Å². The fourth-order valence-corrected chi connectivity index (χ4v) is 4.30. The summed E-state index contributed by atoms with van der Waals surface area (Å²) in [6.07, 6.45) is 1.86. The molecule has 180 valence electrons. The molecule has 1 aromatic carbocycles. The summed E-state index contributed by atoms with van der Waals surface area (Å²) in [5.74, 6) is 2.04. The Kier molecular flexibility index (Phi) is 8.45. The lowest BCUT2D eigenvalue weighted by Gasteiger charge is -2.14. The number of hydrogen-bond acceptors (Lipinski definition) is 6. The predicted octanol–water partition coefficient (Wildman–Crippen LogP) is 4.09. The van der Waals surface area contributed by atoms with Crippen molar-refractivity contribution in [2.75, 3.05) is 46.2 Å². The van der Waals surface area contributed by atoms with E-state index in [4.69, 9.17) is 9.72 Å². The molecule has 2 heterocycles. The van der Waals surface area contributed by atoms with Gasteiger partial charge in [-0.15, -0.1) is 4.31 Å². The Morgan fingerprint density at radius 1 is 1.09 bits per heavy atom. The van der Waals surface area contributed by atoms with Crippen molar-refractivity contribution in [1.29, 1.82) is 0 Å². The number of nitrogens with one attached hydrogen (secondary N) is 1. The third-order valence-electron chi connectivity index (χ3n) is 5.20. The number of hydrogen-bond donors (Lipinski definition) is 1. The van der Waals surface area contributed by atoms with E-state index in [1.807, 2.05) is 62.0 Å². The maximum absolute atomic E-state index is 12.8. The minimum Gasteiger partial charge on any atom is -0.477 e. The number of fused-ring (bicyclic) bond motifs is 1. The summed E-state index contributed by atoms with van der Waals surface area (Å²) >= 11 is 0. The van der Waals surface area contributed by atoms with Crippen LogP contribution in [0.3, 0.4) is 0 Å². The number of rotatable bonds is 11. The molecular weight excluding hydrogens is 436 g/mol. The smallest absolute Gasteiger partial charge is 0.219 e. The van der Waals surface area contributed by atoms with Crippen LogP contribution in [0.25, 0.3) is 5.65 Å². The van der Waals surface area contributed by atoms with E-state index >= 15 is 0 Å². The number of anilines is 2. The van der Waals surface area contributed by atoms with Crippen LogP contribution < -0.4 is 10.1 Å². The molecular formula is C24H37N6O2S+. The molecule has 0 aliphatic heterocycles. The average molecular weight is 474 g/mol. The highest BCUT2D eigenvalue weighted by Gasteiger charge is 2.18. The molecule has 1 atom stereocenters. The van der Waals surface area contributed by atoms with Crippen molar-refractivity contribution in [2.45, 2.75) is 38.5 Å². The molecule has 0 spiro atoms. The topological polar surface area (TPSA) is 75.0 Å². The van der Waals surface area contributed by atoms with E-state index in [2.05, 4.69) is 43.0 Å². The summed E-state index contributed by atoms with van der Waals surface area (Å²) in [6, 6.07) is 9.57. The molecule has 0 amide bonds. The van der Waals surface area contributed by atoms with Crippen LogP contribution in [-0.4, -0.2) is 64.6 Å². The second-order valence-corrected chi connectivity index (χ2v) is 11.0. The highest BCUT2D eigenvalue weighted by atomic mass is 32.2. The number of likely N-dealkylation sites (N-methyl/N-ethyl adjacent to an activating group) is 2. The molecule has 0 saturated carbocycles. The molecule has 0 radical (unpaired) electrons. The van der Waals surface area contributed by atoms with Crippen LogP contribution in [0, 0.1) is 5.92 Å². The molecule has 33 heavy (non-hydrogen) atoms. The Bertz CT molecular complexity index is 1080. The molecule has 0 aliphatic rings. The Morgan fingerprint density at radius 3 is 2.39 bits per heavy atom. The van der Waals surface area contributed by atoms with Crippen LogP contribution in [0.4, 0.5) is 11.5 Å². The number of nitrogens with zero attached hydrogens (tertiary/aromatic N) is 5. The Labute approximate surface area is 199 Å². The van der Waals surface area contributed by atoms with E-state index in [9.17, 15) is 4.21 Å². The molecule has 0 saturated heterocycles. The Morgan fingerprint density at radius 2 is 1.79 bits per heavy atom. The lowest BCUT2D eigenvalue weighted by molar-refractivity contribution is 0.261. The van der Waals surface area contributed by atoms with Crippen LogP contribution >= 0.6 is 0 Å². The minimum atomic E-state index is -1.61. The highest BCUT2D eigenvalue weighted by molar-refractivity contribution is 7.82. The molecule has 0 fully saturated rings. The van der Waals surface area contributed by atoms with Gasteiger partial charge in [-0.1, -0.05) is 31.9 Å². The van der Waals surface area contributed by atoms with Gasteiger partial charge in [0.2, 0.25) is 5.88 Å². The number of aromatic nitrogens is 3.